The Kier molecular flexibility index (Phi) is 5.65. The standard InChI is InChI=1S/C29H26Cl2N6O3/c1-13(2)36-25-22(33-26(36)19-10-32-29(34-27(19)40-4)35-11-16(38)12-35)28(39)37-23-14(3)5-8-20(31)21(23)18-9-15(30)6-7-17(18)24(25)37/h5-10,13,16,24,38H,11-12H2,1-4H3. The summed E-state index contributed by atoms with van der Waals surface area (Å²) in [5.74, 6) is 1.19. The van der Waals surface area contributed by atoms with Gasteiger partial charge in [0.2, 0.25) is 11.8 Å². The van der Waals surface area contributed by atoms with Crippen LogP contribution in [0.1, 0.15) is 53.2 Å². The molecule has 2 aromatic carbocycles. The van der Waals surface area contributed by atoms with Crippen molar-refractivity contribution in [3.63, 3.8) is 0 Å². The molecule has 4 aromatic rings. The van der Waals surface area contributed by atoms with Crippen LogP contribution in [0.2, 0.25) is 10.0 Å². The lowest BCUT2D eigenvalue weighted by molar-refractivity contribution is 0.0989. The maximum atomic E-state index is 14.2. The number of halogens is 2. The summed E-state index contributed by atoms with van der Waals surface area (Å²) in [7, 11) is 1.55. The number of fused-ring (bicyclic) bond motifs is 8. The van der Waals surface area contributed by atoms with E-state index < -0.39 is 6.04 Å². The van der Waals surface area contributed by atoms with Gasteiger partial charge < -0.3 is 19.3 Å². The first-order valence-electron chi connectivity index (χ1n) is 13.1. The van der Waals surface area contributed by atoms with Crippen LogP contribution >= 0.6 is 23.2 Å². The number of hydrogen-bond donors (Lipinski definition) is 1. The first-order chi connectivity index (χ1) is 19.2. The van der Waals surface area contributed by atoms with Crippen LogP contribution in [-0.4, -0.2) is 56.8 Å². The van der Waals surface area contributed by atoms with Crippen molar-refractivity contribution < 1.29 is 14.6 Å². The van der Waals surface area contributed by atoms with Crippen LogP contribution in [0.5, 0.6) is 5.88 Å². The summed E-state index contributed by atoms with van der Waals surface area (Å²) < 4.78 is 7.76. The van der Waals surface area contributed by atoms with Gasteiger partial charge in [-0.05, 0) is 55.7 Å². The minimum Gasteiger partial charge on any atom is -0.480 e. The maximum absolute atomic E-state index is 14.2. The average Bonchev–Trinajstić information content (AvgIpc) is 3.43. The molecule has 0 radical (unpaired) electrons. The zero-order chi connectivity index (χ0) is 28.0. The molecule has 3 aliphatic heterocycles. The number of benzene rings is 2. The molecule has 204 valence electrons. The number of amides is 1. The molecule has 0 bridgehead atoms. The van der Waals surface area contributed by atoms with E-state index in [1.165, 1.54) is 0 Å². The topological polar surface area (TPSA) is 96.6 Å². The Balaban J connectivity index is 1.45. The monoisotopic (exact) mass is 576 g/mol. The lowest BCUT2D eigenvalue weighted by atomic mass is 9.86. The summed E-state index contributed by atoms with van der Waals surface area (Å²) in [6.45, 7) is 7.04. The maximum Gasteiger partial charge on any atom is 0.279 e. The Morgan fingerprint density at radius 3 is 2.58 bits per heavy atom. The fraction of sp³-hybridized carbons (Fsp3) is 0.310. The molecule has 0 aliphatic carbocycles. The van der Waals surface area contributed by atoms with E-state index in [1.54, 1.807) is 13.3 Å². The Hall–Kier alpha value is -3.66. The average molecular weight is 577 g/mol. The molecule has 7 rings (SSSR count). The Morgan fingerprint density at radius 2 is 1.88 bits per heavy atom. The van der Waals surface area contributed by atoms with Crippen molar-refractivity contribution in [2.75, 3.05) is 30.0 Å². The SMILES string of the molecule is COc1nc(N2CC(O)C2)ncc1-c1nc2c(n1C(C)C)C1c3ccc(Cl)cc3-c3c(Cl)ccc(C)c3N1C2=O. The molecule has 0 saturated carbocycles. The third-order valence-electron chi connectivity index (χ3n) is 7.87. The van der Waals surface area contributed by atoms with E-state index in [4.69, 9.17) is 32.9 Å². The molecule has 11 heteroatoms. The summed E-state index contributed by atoms with van der Waals surface area (Å²) in [5, 5.41) is 10.9. The molecule has 5 heterocycles. The first kappa shape index (κ1) is 25.3. The molecule has 40 heavy (non-hydrogen) atoms. The lowest BCUT2D eigenvalue weighted by Crippen LogP contribution is -2.51. The number of aromatic nitrogens is 4. The van der Waals surface area contributed by atoms with Crippen LogP contribution < -0.4 is 14.5 Å². The number of aliphatic hydroxyl groups excluding tert-OH is 1. The Labute approximate surface area is 241 Å². The molecular formula is C29H26Cl2N6O3. The van der Waals surface area contributed by atoms with Crippen molar-refractivity contribution in [1.29, 1.82) is 0 Å². The van der Waals surface area contributed by atoms with Crippen molar-refractivity contribution >= 4 is 40.7 Å². The Morgan fingerprint density at radius 1 is 1.10 bits per heavy atom. The minimum atomic E-state index is -0.420. The van der Waals surface area contributed by atoms with Crippen LogP contribution in [-0.2, 0) is 0 Å². The second-order valence-electron chi connectivity index (χ2n) is 10.7. The number of methoxy groups -OCH3 is 1. The van der Waals surface area contributed by atoms with E-state index >= 15 is 0 Å². The number of carbonyl (C=O) groups is 1. The highest BCUT2D eigenvalue weighted by Gasteiger charge is 2.49. The van der Waals surface area contributed by atoms with Crippen molar-refractivity contribution in [2.24, 2.45) is 0 Å². The molecule has 1 saturated heterocycles. The van der Waals surface area contributed by atoms with Gasteiger partial charge >= 0.3 is 0 Å². The van der Waals surface area contributed by atoms with Gasteiger partial charge in [0.1, 0.15) is 11.9 Å². The number of β-amino-alcohol motifs (C(OH)–C–C–N with tert-alkyl or cyclic N) is 1. The van der Waals surface area contributed by atoms with Crippen molar-refractivity contribution in [3.05, 3.63) is 69.1 Å². The van der Waals surface area contributed by atoms with E-state index in [0.29, 0.717) is 52.0 Å². The minimum absolute atomic E-state index is 0.0495. The molecule has 1 N–H and O–H groups in total. The normalized spacial score (nSPS) is 17.5. The van der Waals surface area contributed by atoms with Gasteiger partial charge in [-0.3, -0.25) is 9.69 Å². The molecule has 0 spiro atoms. The van der Waals surface area contributed by atoms with E-state index in [2.05, 4.69) is 28.4 Å². The van der Waals surface area contributed by atoms with Gasteiger partial charge in [-0.1, -0.05) is 35.3 Å². The van der Waals surface area contributed by atoms with E-state index in [9.17, 15) is 9.90 Å². The van der Waals surface area contributed by atoms with Crippen LogP contribution in [0.4, 0.5) is 11.6 Å². The van der Waals surface area contributed by atoms with Crippen molar-refractivity contribution in [3.8, 4) is 28.4 Å². The number of nitrogens with zero attached hydrogens (tertiary/aromatic N) is 6. The molecule has 1 fully saturated rings. The molecule has 1 amide bonds. The van der Waals surface area contributed by atoms with Gasteiger partial charge in [0.15, 0.2) is 5.69 Å². The van der Waals surface area contributed by atoms with Gasteiger partial charge in [0.25, 0.3) is 5.91 Å². The molecule has 3 aliphatic rings. The first-order valence-corrected chi connectivity index (χ1v) is 13.8. The van der Waals surface area contributed by atoms with Crippen LogP contribution in [0.25, 0.3) is 22.5 Å². The number of rotatable bonds is 4. The molecule has 1 unspecified atom stereocenters. The van der Waals surface area contributed by atoms with Gasteiger partial charge in [-0.15, -0.1) is 0 Å². The van der Waals surface area contributed by atoms with E-state index in [0.717, 1.165) is 33.6 Å². The summed E-state index contributed by atoms with van der Waals surface area (Å²) in [6, 6.07) is 9.05. The number of imidazole rings is 1. The summed E-state index contributed by atoms with van der Waals surface area (Å²) in [5.41, 5.74) is 6.09. The number of aryl methyl sites for hydroxylation is 1. The highest BCUT2D eigenvalue weighted by molar-refractivity contribution is 6.35. The summed E-state index contributed by atoms with van der Waals surface area (Å²) in [6.07, 6.45) is 1.29. The highest BCUT2D eigenvalue weighted by Crippen LogP contribution is 2.56. The van der Waals surface area contributed by atoms with Crippen LogP contribution in [0.3, 0.4) is 0 Å². The number of ether oxygens (including phenoxy) is 1. The van der Waals surface area contributed by atoms with E-state index in [-0.39, 0.29) is 18.1 Å². The van der Waals surface area contributed by atoms with E-state index in [1.807, 2.05) is 47.1 Å². The number of anilines is 2. The second kappa shape index (κ2) is 8.92. The van der Waals surface area contributed by atoms with Crippen molar-refractivity contribution in [2.45, 2.75) is 39.0 Å². The van der Waals surface area contributed by atoms with Gasteiger partial charge in [0.05, 0.1) is 35.2 Å². The summed E-state index contributed by atoms with van der Waals surface area (Å²) in [4.78, 5) is 32.0. The zero-order valence-corrected chi connectivity index (χ0v) is 23.8. The fourth-order valence-corrected chi connectivity index (χ4v) is 6.53. The summed E-state index contributed by atoms with van der Waals surface area (Å²) >= 11 is 13.2. The van der Waals surface area contributed by atoms with Gasteiger partial charge in [0, 0.05) is 35.9 Å². The molecule has 2 aromatic heterocycles. The predicted molar refractivity (Wildman–Crippen MR) is 154 cm³/mol. The molecular weight excluding hydrogens is 551 g/mol. The quantitative estimate of drug-likeness (QED) is 0.344. The predicted octanol–water partition coefficient (Wildman–Crippen LogP) is 5.46. The zero-order valence-electron chi connectivity index (χ0n) is 22.3. The number of hydrogen-bond acceptors (Lipinski definition) is 7. The smallest absolute Gasteiger partial charge is 0.279 e. The third-order valence-corrected chi connectivity index (χ3v) is 8.42. The van der Waals surface area contributed by atoms with Crippen LogP contribution in [0.15, 0.2) is 36.5 Å². The number of aliphatic hydroxyl groups is 1. The third kappa shape index (κ3) is 3.44. The number of carbonyl (C=O) groups excluding carboxylic acids is 1. The molecule has 1 atom stereocenters. The molecule has 9 nitrogen and oxygen atoms in total. The van der Waals surface area contributed by atoms with Gasteiger partial charge in [-0.2, -0.15) is 4.98 Å². The fourth-order valence-electron chi connectivity index (χ4n) is 6.11. The Bertz CT molecular complexity index is 1730. The van der Waals surface area contributed by atoms with Gasteiger partial charge in [-0.25, -0.2) is 9.97 Å². The second-order valence-corrected chi connectivity index (χ2v) is 11.5. The van der Waals surface area contributed by atoms with Crippen LogP contribution in [0, 0.1) is 6.92 Å². The largest absolute Gasteiger partial charge is 0.480 e. The highest BCUT2D eigenvalue weighted by atomic mass is 35.5. The lowest BCUT2D eigenvalue weighted by Gasteiger charge is -2.37. The van der Waals surface area contributed by atoms with Crippen molar-refractivity contribution in [1.82, 2.24) is 19.5 Å².